The van der Waals surface area contributed by atoms with Crippen molar-refractivity contribution in [1.29, 1.82) is 0 Å². The molecule has 1 aromatic heterocycles. The minimum Gasteiger partial charge on any atom is -0.460 e. The first kappa shape index (κ1) is 29.5. The predicted molar refractivity (Wildman–Crippen MR) is 155 cm³/mol. The molecule has 3 amide bonds. The first-order chi connectivity index (χ1) is 19.6. The van der Waals surface area contributed by atoms with Crippen LogP contribution in [0.1, 0.15) is 54.5 Å². The lowest BCUT2D eigenvalue weighted by atomic mass is 10.1. The van der Waals surface area contributed by atoms with Gasteiger partial charge in [-0.05, 0) is 51.5 Å². The number of carbonyl (C=O) groups excluding carboxylic acids is 4. The van der Waals surface area contributed by atoms with E-state index in [-0.39, 0.29) is 30.3 Å². The number of ether oxygens (including phenoxy) is 1. The fourth-order valence-electron chi connectivity index (χ4n) is 4.59. The summed E-state index contributed by atoms with van der Waals surface area (Å²) >= 11 is 0. The molecule has 0 unspecified atom stereocenters. The van der Waals surface area contributed by atoms with Crippen molar-refractivity contribution in [3.8, 4) is 11.3 Å². The van der Waals surface area contributed by atoms with Crippen LogP contribution in [-0.2, 0) is 14.3 Å². The first-order valence-corrected chi connectivity index (χ1v) is 13.8. The molecule has 9 nitrogen and oxygen atoms in total. The summed E-state index contributed by atoms with van der Waals surface area (Å²) in [6.45, 7) is 6.69. The second-order valence-electron chi connectivity index (χ2n) is 10.9. The number of aromatic nitrogens is 1. The van der Waals surface area contributed by atoms with Crippen LogP contribution in [0.3, 0.4) is 0 Å². The topological polar surface area (TPSA) is 109 Å². The van der Waals surface area contributed by atoms with Crippen LogP contribution < -0.4 is 5.32 Å². The largest absolute Gasteiger partial charge is 0.460 e. The van der Waals surface area contributed by atoms with E-state index in [1.165, 1.54) is 0 Å². The quantitative estimate of drug-likeness (QED) is 0.421. The number of benzene rings is 2. The number of hydrogen-bond acceptors (Lipinski definition) is 6. The highest BCUT2D eigenvalue weighted by Gasteiger charge is 2.31. The number of nitrogens with zero attached hydrogens (tertiary/aromatic N) is 3. The van der Waals surface area contributed by atoms with E-state index in [9.17, 15) is 19.2 Å². The van der Waals surface area contributed by atoms with Crippen LogP contribution in [0.5, 0.6) is 0 Å². The summed E-state index contributed by atoms with van der Waals surface area (Å²) in [5.74, 6) is -1.36. The van der Waals surface area contributed by atoms with Crippen molar-refractivity contribution in [2.75, 3.05) is 26.2 Å². The van der Waals surface area contributed by atoms with E-state index in [0.29, 0.717) is 37.4 Å². The molecule has 1 aliphatic heterocycles. The van der Waals surface area contributed by atoms with Crippen LogP contribution in [0.4, 0.5) is 0 Å². The van der Waals surface area contributed by atoms with Gasteiger partial charge in [-0.3, -0.25) is 19.2 Å². The summed E-state index contributed by atoms with van der Waals surface area (Å²) in [5, 5.41) is 2.81. The Balaban J connectivity index is 1.45. The molecular formula is C32H36N4O5. The van der Waals surface area contributed by atoms with Crippen LogP contribution in [0.25, 0.3) is 11.3 Å². The molecule has 0 aliphatic carbocycles. The van der Waals surface area contributed by atoms with Crippen molar-refractivity contribution in [3.63, 3.8) is 0 Å². The molecule has 41 heavy (non-hydrogen) atoms. The van der Waals surface area contributed by atoms with E-state index in [2.05, 4.69) is 10.3 Å². The van der Waals surface area contributed by atoms with Crippen molar-refractivity contribution in [1.82, 2.24) is 20.1 Å². The number of nitrogens with one attached hydrogen (secondary N) is 1. The van der Waals surface area contributed by atoms with Gasteiger partial charge in [-0.15, -0.1) is 0 Å². The summed E-state index contributed by atoms with van der Waals surface area (Å²) in [4.78, 5) is 60.1. The minimum absolute atomic E-state index is 0.0438. The molecule has 0 spiro atoms. The van der Waals surface area contributed by atoms with Crippen LogP contribution in [0.15, 0.2) is 78.9 Å². The fraction of sp³-hybridized carbons (Fsp3) is 0.344. The Morgan fingerprint density at radius 3 is 2.07 bits per heavy atom. The zero-order valence-corrected chi connectivity index (χ0v) is 23.7. The first-order valence-electron chi connectivity index (χ1n) is 13.8. The summed E-state index contributed by atoms with van der Waals surface area (Å²) in [6, 6.07) is 22.7. The summed E-state index contributed by atoms with van der Waals surface area (Å²) in [7, 11) is 0. The lowest BCUT2D eigenvalue weighted by Crippen LogP contribution is -2.56. The van der Waals surface area contributed by atoms with Gasteiger partial charge in [0.05, 0.1) is 5.69 Å². The third kappa shape index (κ3) is 8.23. The third-order valence-electron chi connectivity index (χ3n) is 6.61. The molecule has 3 aromatic rings. The van der Waals surface area contributed by atoms with Gasteiger partial charge >= 0.3 is 5.97 Å². The average molecular weight is 557 g/mol. The van der Waals surface area contributed by atoms with Gasteiger partial charge in [-0.1, -0.05) is 54.6 Å². The van der Waals surface area contributed by atoms with Gasteiger partial charge in [0.2, 0.25) is 5.91 Å². The van der Waals surface area contributed by atoms with E-state index in [4.69, 9.17) is 4.74 Å². The van der Waals surface area contributed by atoms with Gasteiger partial charge < -0.3 is 19.9 Å². The van der Waals surface area contributed by atoms with Crippen molar-refractivity contribution in [2.45, 2.75) is 45.3 Å². The standard InChI is InChI=1S/C32H36N4O5/c1-32(2,3)41-28(37)18-17-27(34-29(38)26-16-10-15-25(33-26)23-11-6-4-7-12-23)31(40)36-21-19-35(20-22-36)30(39)24-13-8-5-9-14-24/h4-16,27H,17-22H2,1-3H3,(H,34,38)/t27-/m0/s1. The number of hydrogen-bond donors (Lipinski definition) is 1. The molecule has 1 aliphatic rings. The Hall–Kier alpha value is -4.53. The van der Waals surface area contributed by atoms with E-state index in [0.717, 1.165) is 5.56 Å². The van der Waals surface area contributed by atoms with Gasteiger partial charge in [0.25, 0.3) is 11.8 Å². The maximum Gasteiger partial charge on any atom is 0.306 e. The molecule has 1 saturated heterocycles. The molecule has 1 fully saturated rings. The van der Waals surface area contributed by atoms with Gasteiger partial charge in [-0.2, -0.15) is 0 Å². The molecule has 0 radical (unpaired) electrons. The minimum atomic E-state index is -0.964. The van der Waals surface area contributed by atoms with Crippen molar-refractivity contribution in [2.24, 2.45) is 0 Å². The summed E-state index contributed by atoms with van der Waals surface area (Å²) < 4.78 is 5.42. The fourth-order valence-corrected chi connectivity index (χ4v) is 4.59. The Kier molecular flexibility index (Phi) is 9.49. The lowest BCUT2D eigenvalue weighted by Gasteiger charge is -2.36. The zero-order chi connectivity index (χ0) is 29.4. The zero-order valence-electron chi connectivity index (χ0n) is 23.7. The maximum atomic E-state index is 13.6. The number of amides is 3. The van der Waals surface area contributed by atoms with Crippen molar-refractivity contribution >= 4 is 23.7 Å². The van der Waals surface area contributed by atoms with Crippen LogP contribution in [0, 0.1) is 0 Å². The molecule has 2 heterocycles. The van der Waals surface area contributed by atoms with Gasteiger partial charge in [-0.25, -0.2) is 4.98 Å². The molecule has 2 aromatic carbocycles. The molecular weight excluding hydrogens is 520 g/mol. The molecule has 0 saturated carbocycles. The lowest BCUT2D eigenvalue weighted by molar-refractivity contribution is -0.155. The molecule has 4 rings (SSSR count). The van der Waals surface area contributed by atoms with E-state index < -0.39 is 23.5 Å². The Morgan fingerprint density at radius 1 is 0.829 bits per heavy atom. The second kappa shape index (κ2) is 13.2. The third-order valence-corrected chi connectivity index (χ3v) is 6.61. The molecule has 214 valence electrons. The van der Waals surface area contributed by atoms with E-state index in [1.807, 2.05) is 54.6 Å². The van der Waals surface area contributed by atoms with Crippen LogP contribution in [0.2, 0.25) is 0 Å². The molecule has 1 N–H and O–H groups in total. The SMILES string of the molecule is CC(C)(C)OC(=O)CC[C@H](NC(=O)c1cccc(-c2ccccc2)n1)C(=O)N1CCN(C(=O)c2ccccc2)CC1. The van der Waals surface area contributed by atoms with Crippen molar-refractivity contribution < 1.29 is 23.9 Å². The Bertz CT molecular complexity index is 1360. The number of esters is 1. The summed E-state index contributed by atoms with van der Waals surface area (Å²) in [6.07, 6.45) is 0.0267. The maximum absolute atomic E-state index is 13.6. The number of pyridine rings is 1. The Labute approximate surface area is 240 Å². The average Bonchev–Trinajstić information content (AvgIpc) is 2.98. The van der Waals surface area contributed by atoms with Crippen molar-refractivity contribution in [3.05, 3.63) is 90.1 Å². The number of piperazine rings is 1. The smallest absolute Gasteiger partial charge is 0.306 e. The summed E-state index contributed by atoms with van der Waals surface area (Å²) in [5.41, 5.74) is 1.60. The molecule has 0 bridgehead atoms. The predicted octanol–water partition coefficient (Wildman–Crippen LogP) is 3.95. The second-order valence-corrected chi connectivity index (χ2v) is 10.9. The molecule has 9 heteroatoms. The highest BCUT2D eigenvalue weighted by atomic mass is 16.6. The molecule has 1 atom stereocenters. The van der Waals surface area contributed by atoms with Gasteiger partial charge in [0.1, 0.15) is 17.3 Å². The highest BCUT2D eigenvalue weighted by molar-refractivity contribution is 5.97. The normalized spacial score (nSPS) is 14.2. The highest BCUT2D eigenvalue weighted by Crippen LogP contribution is 2.18. The van der Waals surface area contributed by atoms with Crippen LogP contribution in [-0.4, -0.2) is 76.3 Å². The van der Waals surface area contributed by atoms with E-state index in [1.54, 1.807) is 54.8 Å². The van der Waals surface area contributed by atoms with E-state index >= 15 is 0 Å². The number of rotatable bonds is 8. The van der Waals surface area contributed by atoms with Gasteiger partial charge in [0.15, 0.2) is 0 Å². The van der Waals surface area contributed by atoms with Gasteiger partial charge in [0, 0.05) is 43.7 Å². The Morgan fingerprint density at radius 2 is 1.44 bits per heavy atom. The number of carbonyl (C=O) groups is 4. The van der Waals surface area contributed by atoms with Crippen LogP contribution >= 0.6 is 0 Å². The monoisotopic (exact) mass is 556 g/mol.